The lowest BCUT2D eigenvalue weighted by atomic mass is 9.77. The van der Waals surface area contributed by atoms with Gasteiger partial charge < -0.3 is 28.8 Å². The van der Waals surface area contributed by atoms with Gasteiger partial charge in [-0.25, -0.2) is 0 Å². The first-order valence-electron chi connectivity index (χ1n) is 10.0. The van der Waals surface area contributed by atoms with Gasteiger partial charge in [-0.15, -0.1) is 0 Å². The first kappa shape index (κ1) is 17.6. The van der Waals surface area contributed by atoms with Crippen molar-refractivity contribution in [2.45, 2.75) is 18.2 Å². The fourth-order valence-corrected chi connectivity index (χ4v) is 4.95. The minimum atomic E-state index is -0.747. The normalized spacial score (nSPS) is 30.6. The van der Waals surface area contributed by atoms with Crippen LogP contribution >= 0.6 is 0 Å². The van der Waals surface area contributed by atoms with Gasteiger partial charge >= 0.3 is 0 Å². The fourth-order valence-electron chi connectivity index (χ4n) is 4.95. The van der Waals surface area contributed by atoms with Crippen LogP contribution in [0.1, 0.15) is 5.76 Å². The van der Waals surface area contributed by atoms with Crippen LogP contribution in [0.5, 0.6) is 11.5 Å². The molecule has 2 fully saturated rings. The molecular formula is C22H20N2O6. The third-order valence-corrected chi connectivity index (χ3v) is 6.22. The number of amides is 2. The lowest BCUT2D eigenvalue weighted by molar-refractivity contribution is -0.136. The van der Waals surface area contributed by atoms with Gasteiger partial charge in [-0.05, 0) is 24.3 Å². The lowest BCUT2D eigenvalue weighted by Gasteiger charge is -2.24. The molecule has 30 heavy (non-hydrogen) atoms. The van der Waals surface area contributed by atoms with Crippen molar-refractivity contribution >= 4 is 17.5 Å². The summed E-state index contributed by atoms with van der Waals surface area (Å²) >= 11 is 0. The van der Waals surface area contributed by atoms with Gasteiger partial charge in [-0.3, -0.25) is 9.59 Å². The van der Waals surface area contributed by atoms with Gasteiger partial charge in [0.05, 0.1) is 37.3 Å². The molecule has 6 rings (SSSR count). The number of carbonyl (C=O) groups excluding carboxylic acids is 2. The zero-order valence-electron chi connectivity index (χ0n) is 16.1. The number of benzene rings is 1. The summed E-state index contributed by atoms with van der Waals surface area (Å²) in [5, 5.41) is 2.93. The quantitative estimate of drug-likeness (QED) is 0.778. The summed E-state index contributed by atoms with van der Waals surface area (Å²) in [6.07, 6.45) is 5.02. The van der Waals surface area contributed by atoms with E-state index in [1.54, 1.807) is 35.4 Å². The van der Waals surface area contributed by atoms with Crippen molar-refractivity contribution in [1.82, 2.24) is 4.90 Å². The third kappa shape index (κ3) is 2.56. The van der Waals surface area contributed by atoms with Gasteiger partial charge in [0.1, 0.15) is 24.6 Å². The van der Waals surface area contributed by atoms with Crippen molar-refractivity contribution in [2.75, 3.05) is 25.1 Å². The first-order valence-corrected chi connectivity index (χ1v) is 10.0. The molecule has 1 aromatic carbocycles. The fraction of sp³-hybridized carbons (Fsp3) is 0.364. The molecule has 1 aromatic heterocycles. The highest BCUT2D eigenvalue weighted by molar-refractivity contribution is 5.99. The van der Waals surface area contributed by atoms with E-state index in [0.717, 1.165) is 0 Å². The summed E-state index contributed by atoms with van der Waals surface area (Å²) in [7, 11) is 0. The van der Waals surface area contributed by atoms with Gasteiger partial charge in [-0.2, -0.15) is 0 Å². The molecule has 4 aliphatic heterocycles. The Balaban J connectivity index is 1.23. The average molecular weight is 408 g/mol. The van der Waals surface area contributed by atoms with Gasteiger partial charge in [-0.1, -0.05) is 12.2 Å². The molecule has 1 spiro atoms. The molecule has 0 aliphatic carbocycles. The van der Waals surface area contributed by atoms with E-state index in [-0.39, 0.29) is 11.8 Å². The number of carbonyl (C=O) groups is 2. The molecule has 4 aliphatic rings. The Labute approximate surface area is 172 Å². The number of rotatable bonds is 4. The van der Waals surface area contributed by atoms with Crippen LogP contribution in [-0.4, -0.2) is 48.2 Å². The Morgan fingerprint density at radius 1 is 1.20 bits per heavy atom. The highest BCUT2D eigenvalue weighted by Crippen LogP contribution is 2.52. The molecule has 0 radical (unpaired) electrons. The number of furan rings is 1. The van der Waals surface area contributed by atoms with E-state index in [9.17, 15) is 9.59 Å². The number of anilines is 1. The van der Waals surface area contributed by atoms with Crippen LogP contribution in [0.4, 0.5) is 5.69 Å². The predicted molar refractivity (Wildman–Crippen MR) is 104 cm³/mol. The summed E-state index contributed by atoms with van der Waals surface area (Å²) in [4.78, 5) is 28.1. The van der Waals surface area contributed by atoms with Gasteiger partial charge in [0.15, 0.2) is 11.5 Å². The zero-order valence-corrected chi connectivity index (χ0v) is 16.1. The van der Waals surface area contributed by atoms with Crippen molar-refractivity contribution in [3.8, 4) is 11.5 Å². The summed E-state index contributed by atoms with van der Waals surface area (Å²) in [5.74, 6) is 0.513. The number of ether oxygens (including phenoxy) is 3. The molecular weight excluding hydrogens is 388 g/mol. The molecule has 154 valence electrons. The van der Waals surface area contributed by atoms with Crippen LogP contribution in [0.2, 0.25) is 0 Å². The van der Waals surface area contributed by atoms with E-state index in [1.165, 1.54) is 0 Å². The first-order chi connectivity index (χ1) is 14.6. The monoisotopic (exact) mass is 408 g/mol. The molecule has 0 saturated carbocycles. The van der Waals surface area contributed by atoms with E-state index in [0.29, 0.717) is 49.2 Å². The van der Waals surface area contributed by atoms with E-state index in [1.807, 2.05) is 18.2 Å². The largest absolute Gasteiger partial charge is 0.486 e. The van der Waals surface area contributed by atoms with Crippen molar-refractivity contribution in [2.24, 2.45) is 11.8 Å². The summed E-state index contributed by atoms with van der Waals surface area (Å²) in [6, 6.07) is 8.91. The molecule has 4 atom stereocenters. The number of hydrogen-bond donors (Lipinski definition) is 1. The Morgan fingerprint density at radius 3 is 2.90 bits per heavy atom. The Morgan fingerprint density at radius 2 is 2.07 bits per heavy atom. The summed E-state index contributed by atoms with van der Waals surface area (Å²) in [5.41, 5.74) is -0.147. The predicted octanol–water partition coefficient (Wildman–Crippen LogP) is 1.97. The highest BCUT2D eigenvalue weighted by Gasteiger charge is 2.66. The summed E-state index contributed by atoms with van der Waals surface area (Å²) in [6.45, 7) is 1.76. The smallest absolute Gasteiger partial charge is 0.231 e. The van der Waals surface area contributed by atoms with Crippen molar-refractivity contribution in [1.29, 1.82) is 0 Å². The Bertz CT molecular complexity index is 1050. The Hall–Kier alpha value is -3.26. The van der Waals surface area contributed by atoms with E-state index in [2.05, 4.69) is 5.32 Å². The van der Waals surface area contributed by atoms with Crippen LogP contribution in [0, 0.1) is 11.8 Å². The van der Waals surface area contributed by atoms with Crippen LogP contribution in [0.25, 0.3) is 0 Å². The second kappa shape index (κ2) is 6.37. The minimum absolute atomic E-state index is 0.0828. The second-order valence-electron chi connectivity index (χ2n) is 8.02. The van der Waals surface area contributed by atoms with Crippen molar-refractivity contribution < 1.29 is 28.2 Å². The maximum absolute atomic E-state index is 13.2. The number of fused-ring (bicyclic) bond motifs is 2. The average Bonchev–Trinajstić information content (AvgIpc) is 3.51. The van der Waals surface area contributed by atoms with E-state index >= 15 is 0 Å². The number of hydrogen-bond acceptors (Lipinski definition) is 6. The van der Waals surface area contributed by atoms with Crippen LogP contribution in [0.15, 0.2) is 53.2 Å². The molecule has 2 saturated heterocycles. The summed E-state index contributed by atoms with van der Waals surface area (Å²) < 4.78 is 22.7. The molecule has 8 nitrogen and oxygen atoms in total. The molecule has 2 bridgehead atoms. The Kier molecular flexibility index (Phi) is 3.73. The van der Waals surface area contributed by atoms with Gasteiger partial charge in [0, 0.05) is 11.8 Å². The molecule has 2 amide bonds. The SMILES string of the molecule is O=C(Nc1ccc2c(c1)OCCO2)C1C2C=C[C@@]3(CN(Cc4ccco4)C(=O)C13)O2. The van der Waals surface area contributed by atoms with Gasteiger partial charge in [0.2, 0.25) is 11.8 Å². The molecule has 3 unspecified atom stereocenters. The lowest BCUT2D eigenvalue weighted by Crippen LogP contribution is -2.41. The third-order valence-electron chi connectivity index (χ3n) is 6.22. The van der Waals surface area contributed by atoms with Crippen LogP contribution in [-0.2, 0) is 20.9 Å². The van der Waals surface area contributed by atoms with Crippen LogP contribution < -0.4 is 14.8 Å². The van der Waals surface area contributed by atoms with E-state index < -0.39 is 23.5 Å². The maximum Gasteiger partial charge on any atom is 0.231 e. The zero-order chi connectivity index (χ0) is 20.3. The maximum atomic E-state index is 13.2. The number of nitrogens with one attached hydrogen (secondary N) is 1. The topological polar surface area (TPSA) is 90.2 Å². The second-order valence-corrected chi connectivity index (χ2v) is 8.02. The molecule has 8 heteroatoms. The number of likely N-dealkylation sites (tertiary alicyclic amines) is 1. The van der Waals surface area contributed by atoms with Gasteiger partial charge in [0.25, 0.3) is 0 Å². The standard InChI is InChI=1S/C22H20N2O6/c25-20(23-13-3-4-15-17(10-13)29-9-8-28-15)18-16-5-6-22(30-16)12-24(21(26)19(18)22)11-14-2-1-7-27-14/h1-7,10,16,18-19H,8-9,11-12H2,(H,23,25)/t16?,18?,19?,22-/m0/s1. The molecule has 5 heterocycles. The highest BCUT2D eigenvalue weighted by atomic mass is 16.6. The molecule has 2 aromatic rings. The molecule has 1 N–H and O–H groups in total. The van der Waals surface area contributed by atoms with Crippen molar-refractivity contribution in [3.63, 3.8) is 0 Å². The van der Waals surface area contributed by atoms with Crippen LogP contribution in [0.3, 0.4) is 0 Å². The van der Waals surface area contributed by atoms with E-state index in [4.69, 9.17) is 18.6 Å². The number of nitrogens with zero attached hydrogens (tertiary/aromatic N) is 1. The van der Waals surface area contributed by atoms with Crippen molar-refractivity contribution in [3.05, 3.63) is 54.5 Å². The minimum Gasteiger partial charge on any atom is -0.486 e.